The molecule has 19 heavy (non-hydrogen) atoms. The van der Waals surface area contributed by atoms with Crippen molar-refractivity contribution in [3.8, 4) is 6.01 Å². The standard InChI is InChI=1S/C12H14ClN5O/c1-18(2)11-15-10(14)16-12(17-11)19-7-8-4-3-5-9(13)6-8/h3-6H,7H2,1-2H3,(H2,14,15,16,17). The maximum absolute atomic E-state index is 5.90. The Morgan fingerprint density at radius 3 is 2.74 bits per heavy atom. The number of nitrogen functional groups attached to an aromatic ring is 1. The maximum Gasteiger partial charge on any atom is 0.323 e. The Hall–Kier alpha value is -2.08. The van der Waals surface area contributed by atoms with Crippen LogP contribution in [0.2, 0.25) is 5.02 Å². The highest BCUT2D eigenvalue weighted by Gasteiger charge is 2.07. The van der Waals surface area contributed by atoms with E-state index in [2.05, 4.69) is 15.0 Å². The van der Waals surface area contributed by atoms with Gasteiger partial charge in [-0.3, -0.25) is 0 Å². The predicted molar refractivity (Wildman–Crippen MR) is 74.4 cm³/mol. The summed E-state index contributed by atoms with van der Waals surface area (Å²) in [6, 6.07) is 7.57. The molecule has 7 heteroatoms. The van der Waals surface area contributed by atoms with E-state index in [1.165, 1.54) is 0 Å². The summed E-state index contributed by atoms with van der Waals surface area (Å²) < 4.78 is 5.49. The number of nitrogens with zero attached hydrogens (tertiary/aromatic N) is 4. The van der Waals surface area contributed by atoms with Crippen molar-refractivity contribution in [1.29, 1.82) is 0 Å². The van der Waals surface area contributed by atoms with Crippen LogP contribution in [-0.2, 0) is 6.61 Å². The lowest BCUT2D eigenvalue weighted by molar-refractivity contribution is 0.280. The van der Waals surface area contributed by atoms with Crippen LogP contribution in [-0.4, -0.2) is 29.0 Å². The normalized spacial score (nSPS) is 10.3. The molecule has 0 saturated heterocycles. The molecule has 2 aromatic rings. The molecule has 0 aliphatic rings. The molecule has 1 heterocycles. The number of rotatable bonds is 4. The van der Waals surface area contributed by atoms with Gasteiger partial charge in [0.1, 0.15) is 6.61 Å². The van der Waals surface area contributed by atoms with Crippen molar-refractivity contribution in [2.45, 2.75) is 6.61 Å². The van der Waals surface area contributed by atoms with Crippen LogP contribution in [0.25, 0.3) is 0 Å². The Kier molecular flexibility index (Phi) is 4.01. The monoisotopic (exact) mass is 279 g/mol. The van der Waals surface area contributed by atoms with Crippen LogP contribution < -0.4 is 15.4 Å². The highest BCUT2D eigenvalue weighted by atomic mass is 35.5. The van der Waals surface area contributed by atoms with E-state index < -0.39 is 0 Å². The highest BCUT2D eigenvalue weighted by molar-refractivity contribution is 6.30. The Bertz CT molecular complexity index is 576. The summed E-state index contributed by atoms with van der Waals surface area (Å²) in [4.78, 5) is 13.8. The minimum absolute atomic E-state index is 0.125. The van der Waals surface area contributed by atoms with Gasteiger partial charge in [0.05, 0.1) is 0 Å². The second-order valence-corrected chi connectivity index (χ2v) is 4.53. The van der Waals surface area contributed by atoms with Gasteiger partial charge in [0.2, 0.25) is 11.9 Å². The van der Waals surface area contributed by atoms with Gasteiger partial charge in [0, 0.05) is 19.1 Å². The minimum atomic E-state index is 0.125. The number of halogens is 1. The van der Waals surface area contributed by atoms with Gasteiger partial charge in [-0.05, 0) is 17.7 Å². The van der Waals surface area contributed by atoms with Crippen LogP contribution in [0.4, 0.5) is 11.9 Å². The number of nitrogens with two attached hydrogens (primary N) is 1. The van der Waals surface area contributed by atoms with Crippen molar-refractivity contribution in [1.82, 2.24) is 15.0 Å². The molecular formula is C12H14ClN5O. The van der Waals surface area contributed by atoms with Gasteiger partial charge >= 0.3 is 6.01 Å². The zero-order chi connectivity index (χ0) is 13.8. The second-order valence-electron chi connectivity index (χ2n) is 4.09. The molecule has 100 valence electrons. The Balaban J connectivity index is 2.11. The van der Waals surface area contributed by atoms with E-state index in [4.69, 9.17) is 22.1 Å². The Morgan fingerprint density at radius 2 is 2.05 bits per heavy atom. The predicted octanol–water partition coefficient (Wildman–Crippen LogP) is 1.75. The molecule has 0 atom stereocenters. The quantitative estimate of drug-likeness (QED) is 0.919. The highest BCUT2D eigenvalue weighted by Crippen LogP contribution is 2.15. The molecule has 1 aromatic heterocycles. The van der Waals surface area contributed by atoms with E-state index in [0.717, 1.165) is 5.56 Å². The van der Waals surface area contributed by atoms with E-state index in [-0.39, 0.29) is 12.0 Å². The molecule has 0 fully saturated rings. The van der Waals surface area contributed by atoms with E-state index in [1.807, 2.05) is 32.3 Å². The first-order valence-corrected chi connectivity index (χ1v) is 5.98. The fourth-order valence-electron chi connectivity index (χ4n) is 1.40. The lowest BCUT2D eigenvalue weighted by Crippen LogP contribution is -2.15. The summed E-state index contributed by atoms with van der Waals surface area (Å²) in [6.45, 7) is 0.316. The maximum atomic E-state index is 5.90. The number of benzene rings is 1. The van der Waals surface area contributed by atoms with E-state index in [9.17, 15) is 0 Å². The van der Waals surface area contributed by atoms with Crippen molar-refractivity contribution in [3.63, 3.8) is 0 Å². The van der Waals surface area contributed by atoms with E-state index in [0.29, 0.717) is 17.6 Å². The average molecular weight is 280 g/mol. The number of hydrogen-bond donors (Lipinski definition) is 1. The molecule has 0 amide bonds. The molecule has 0 aliphatic carbocycles. The third-order valence-corrected chi connectivity index (χ3v) is 2.51. The number of aromatic nitrogens is 3. The molecule has 6 nitrogen and oxygen atoms in total. The number of anilines is 2. The summed E-state index contributed by atoms with van der Waals surface area (Å²) >= 11 is 5.90. The molecule has 0 spiro atoms. The molecule has 2 N–H and O–H groups in total. The molecular weight excluding hydrogens is 266 g/mol. The third kappa shape index (κ3) is 3.69. The smallest absolute Gasteiger partial charge is 0.323 e. The SMILES string of the molecule is CN(C)c1nc(N)nc(OCc2cccc(Cl)c2)n1. The van der Waals surface area contributed by atoms with E-state index in [1.54, 1.807) is 11.0 Å². The topological polar surface area (TPSA) is 77.2 Å². The van der Waals surface area contributed by atoms with Crippen molar-refractivity contribution in [2.75, 3.05) is 24.7 Å². The lowest BCUT2D eigenvalue weighted by atomic mass is 10.2. The summed E-state index contributed by atoms with van der Waals surface area (Å²) in [5.41, 5.74) is 6.53. The minimum Gasteiger partial charge on any atom is -0.458 e. The third-order valence-electron chi connectivity index (χ3n) is 2.28. The van der Waals surface area contributed by atoms with Crippen LogP contribution >= 0.6 is 11.6 Å². The zero-order valence-electron chi connectivity index (χ0n) is 10.7. The Labute approximate surface area is 116 Å². The fourth-order valence-corrected chi connectivity index (χ4v) is 1.61. The van der Waals surface area contributed by atoms with Gasteiger partial charge in [-0.15, -0.1) is 0 Å². The summed E-state index contributed by atoms with van der Waals surface area (Å²) in [7, 11) is 3.63. The fraction of sp³-hybridized carbons (Fsp3) is 0.250. The van der Waals surface area contributed by atoms with Gasteiger partial charge < -0.3 is 15.4 Å². The van der Waals surface area contributed by atoms with Gasteiger partial charge in [-0.1, -0.05) is 23.7 Å². The van der Waals surface area contributed by atoms with Crippen LogP contribution in [0.5, 0.6) is 6.01 Å². The molecule has 0 bridgehead atoms. The van der Waals surface area contributed by atoms with Crippen molar-refractivity contribution < 1.29 is 4.74 Å². The van der Waals surface area contributed by atoms with Crippen molar-refractivity contribution in [3.05, 3.63) is 34.9 Å². The molecule has 1 aromatic carbocycles. The van der Waals surface area contributed by atoms with Gasteiger partial charge in [-0.2, -0.15) is 15.0 Å². The van der Waals surface area contributed by atoms with Crippen molar-refractivity contribution in [2.24, 2.45) is 0 Å². The van der Waals surface area contributed by atoms with Crippen LogP contribution in [0, 0.1) is 0 Å². The largest absolute Gasteiger partial charge is 0.458 e. The number of ether oxygens (including phenoxy) is 1. The lowest BCUT2D eigenvalue weighted by Gasteiger charge is -2.11. The first-order chi connectivity index (χ1) is 9.04. The zero-order valence-corrected chi connectivity index (χ0v) is 11.4. The van der Waals surface area contributed by atoms with Crippen LogP contribution in [0.15, 0.2) is 24.3 Å². The van der Waals surface area contributed by atoms with Gasteiger partial charge in [-0.25, -0.2) is 0 Å². The van der Waals surface area contributed by atoms with Crippen molar-refractivity contribution >= 4 is 23.5 Å². The molecule has 0 aliphatic heterocycles. The molecule has 0 radical (unpaired) electrons. The summed E-state index contributed by atoms with van der Waals surface area (Å²) in [5, 5.41) is 0.658. The van der Waals surface area contributed by atoms with Crippen LogP contribution in [0.1, 0.15) is 5.56 Å². The second kappa shape index (κ2) is 5.71. The summed E-state index contributed by atoms with van der Waals surface area (Å²) in [5.74, 6) is 0.577. The molecule has 0 saturated carbocycles. The first kappa shape index (κ1) is 13.4. The van der Waals surface area contributed by atoms with Crippen LogP contribution in [0.3, 0.4) is 0 Å². The van der Waals surface area contributed by atoms with Gasteiger partial charge in [0.25, 0.3) is 0 Å². The number of hydrogen-bond acceptors (Lipinski definition) is 6. The molecule has 2 rings (SSSR count). The average Bonchev–Trinajstić information content (AvgIpc) is 2.36. The Morgan fingerprint density at radius 1 is 1.26 bits per heavy atom. The van der Waals surface area contributed by atoms with Gasteiger partial charge in [0.15, 0.2) is 0 Å². The van der Waals surface area contributed by atoms with E-state index >= 15 is 0 Å². The first-order valence-electron chi connectivity index (χ1n) is 5.61. The summed E-state index contributed by atoms with van der Waals surface area (Å²) in [6.07, 6.45) is 0. The molecule has 0 unspecified atom stereocenters.